The smallest absolute Gasteiger partial charge is 0.275 e. The molecule has 0 bridgehead atoms. The third-order valence-corrected chi connectivity index (χ3v) is 2.81. The van der Waals surface area contributed by atoms with Gasteiger partial charge in [0.1, 0.15) is 5.75 Å². The van der Waals surface area contributed by atoms with E-state index in [-0.39, 0.29) is 11.3 Å². The van der Waals surface area contributed by atoms with Crippen molar-refractivity contribution in [2.45, 2.75) is 20.3 Å². The number of hydrogen-bond acceptors (Lipinski definition) is 4. The molecule has 0 unspecified atom stereocenters. The van der Waals surface area contributed by atoms with Crippen LogP contribution in [-0.4, -0.2) is 22.6 Å². The first-order valence-electron chi connectivity index (χ1n) is 6.46. The fourth-order valence-electron chi connectivity index (χ4n) is 1.82. The molecule has 0 atom stereocenters. The van der Waals surface area contributed by atoms with Crippen LogP contribution in [0.15, 0.2) is 35.1 Å². The fraction of sp³-hybridized carbons (Fsp3) is 0.267. The van der Waals surface area contributed by atoms with Gasteiger partial charge in [0.05, 0.1) is 17.9 Å². The summed E-state index contributed by atoms with van der Waals surface area (Å²) in [5.41, 5.74) is 0.884. The number of H-pyrrole nitrogens is 1. The topological polar surface area (TPSA) is 72.1 Å². The molecule has 1 aromatic heterocycles. The molecule has 0 aliphatic rings. The number of benzene rings is 1. The Hall–Kier alpha value is -2.43. The summed E-state index contributed by atoms with van der Waals surface area (Å²) in [5, 5.41) is 6.34. The summed E-state index contributed by atoms with van der Waals surface area (Å²) < 4.78 is 5.65. The highest BCUT2D eigenvalue weighted by Crippen LogP contribution is 2.28. The molecule has 5 heteroatoms. The van der Waals surface area contributed by atoms with Crippen LogP contribution in [0, 0.1) is 0 Å². The van der Waals surface area contributed by atoms with E-state index in [1.165, 1.54) is 13.0 Å². The molecule has 0 radical (unpaired) electrons. The summed E-state index contributed by atoms with van der Waals surface area (Å²) in [6, 6.07) is 8.90. The number of aromatic nitrogens is 2. The number of ketones is 1. The molecule has 2 rings (SSSR count). The minimum absolute atomic E-state index is 0.0975. The maximum absolute atomic E-state index is 11.5. The predicted molar refractivity (Wildman–Crippen MR) is 76.1 cm³/mol. The molecule has 104 valence electrons. The van der Waals surface area contributed by atoms with Crippen LogP contribution in [0.2, 0.25) is 0 Å². The lowest BCUT2D eigenvalue weighted by Gasteiger charge is -2.10. The number of Topliss-reactive ketones (excluding diaryl/α,β-unsaturated/α-hetero) is 1. The summed E-state index contributed by atoms with van der Waals surface area (Å²) in [5.74, 6) is 0.394. The number of carbonyl (C=O) groups is 1. The molecule has 0 aliphatic heterocycles. The van der Waals surface area contributed by atoms with E-state index in [1.807, 2.05) is 31.2 Å². The average Bonchev–Trinajstić information content (AvgIpc) is 2.46. The Morgan fingerprint density at radius 3 is 2.80 bits per heavy atom. The van der Waals surface area contributed by atoms with Gasteiger partial charge in [0, 0.05) is 5.56 Å². The number of nitrogens with one attached hydrogen (secondary N) is 1. The Morgan fingerprint density at radius 1 is 1.35 bits per heavy atom. The first-order chi connectivity index (χ1) is 9.63. The van der Waals surface area contributed by atoms with E-state index in [2.05, 4.69) is 10.2 Å². The number of hydrogen-bond donors (Lipinski definition) is 1. The molecule has 2 aromatic rings. The van der Waals surface area contributed by atoms with E-state index in [0.29, 0.717) is 18.1 Å². The van der Waals surface area contributed by atoms with Gasteiger partial charge in [-0.05, 0) is 31.5 Å². The minimum Gasteiger partial charge on any atom is -0.493 e. The van der Waals surface area contributed by atoms with Crippen molar-refractivity contribution < 1.29 is 9.53 Å². The largest absolute Gasteiger partial charge is 0.493 e. The van der Waals surface area contributed by atoms with Gasteiger partial charge in [-0.1, -0.05) is 19.1 Å². The SMILES string of the molecule is CCCOc1ccccc1-c1cc(C(C)=O)c(=O)[nH]n1. The molecular formula is C15H16N2O3. The second-order valence-corrected chi connectivity index (χ2v) is 4.40. The van der Waals surface area contributed by atoms with Crippen molar-refractivity contribution in [3.8, 4) is 17.0 Å². The van der Waals surface area contributed by atoms with Crippen LogP contribution >= 0.6 is 0 Å². The van der Waals surface area contributed by atoms with Crippen molar-refractivity contribution in [3.05, 3.63) is 46.2 Å². The zero-order valence-corrected chi connectivity index (χ0v) is 11.5. The average molecular weight is 272 g/mol. The summed E-state index contributed by atoms with van der Waals surface area (Å²) in [6.45, 7) is 3.97. The van der Waals surface area contributed by atoms with E-state index < -0.39 is 5.56 Å². The van der Waals surface area contributed by atoms with Gasteiger partial charge in [-0.3, -0.25) is 9.59 Å². The van der Waals surface area contributed by atoms with Crippen molar-refractivity contribution in [3.63, 3.8) is 0 Å². The molecule has 1 heterocycles. The second kappa shape index (κ2) is 6.14. The lowest BCUT2D eigenvalue weighted by atomic mass is 10.1. The summed E-state index contributed by atoms with van der Waals surface area (Å²) in [4.78, 5) is 23.0. The molecule has 1 aromatic carbocycles. The van der Waals surface area contributed by atoms with E-state index in [0.717, 1.165) is 12.0 Å². The summed E-state index contributed by atoms with van der Waals surface area (Å²) >= 11 is 0. The normalized spacial score (nSPS) is 10.3. The first-order valence-corrected chi connectivity index (χ1v) is 6.46. The zero-order valence-electron chi connectivity index (χ0n) is 11.5. The molecule has 0 aliphatic carbocycles. The maximum Gasteiger partial charge on any atom is 0.275 e. The molecule has 0 amide bonds. The highest BCUT2D eigenvalue weighted by Gasteiger charge is 2.12. The minimum atomic E-state index is -0.479. The Balaban J connectivity index is 2.49. The number of aromatic amines is 1. The summed E-state index contributed by atoms with van der Waals surface area (Å²) in [6.07, 6.45) is 0.895. The third kappa shape index (κ3) is 2.93. The van der Waals surface area contributed by atoms with Crippen LogP contribution in [0.1, 0.15) is 30.6 Å². The van der Waals surface area contributed by atoms with Crippen LogP contribution in [0.5, 0.6) is 5.75 Å². The van der Waals surface area contributed by atoms with Crippen LogP contribution in [0.25, 0.3) is 11.3 Å². The monoisotopic (exact) mass is 272 g/mol. The van der Waals surface area contributed by atoms with Crippen molar-refractivity contribution in [2.24, 2.45) is 0 Å². The van der Waals surface area contributed by atoms with Crippen molar-refractivity contribution in [2.75, 3.05) is 6.61 Å². The molecular weight excluding hydrogens is 256 g/mol. The molecule has 0 saturated heterocycles. The van der Waals surface area contributed by atoms with Crippen molar-refractivity contribution >= 4 is 5.78 Å². The summed E-state index contributed by atoms with van der Waals surface area (Å²) in [7, 11) is 0. The van der Waals surface area contributed by atoms with Gasteiger partial charge in [-0.15, -0.1) is 0 Å². The number of ether oxygens (including phenoxy) is 1. The van der Waals surface area contributed by atoms with Crippen molar-refractivity contribution in [1.29, 1.82) is 0 Å². The Kier molecular flexibility index (Phi) is 4.30. The Morgan fingerprint density at radius 2 is 2.10 bits per heavy atom. The standard InChI is InChI=1S/C15H16N2O3/c1-3-8-20-14-7-5-4-6-11(14)13-9-12(10(2)18)15(19)17-16-13/h4-7,9H,3,8H2,1-2H3,(H,17,19). The van der Waals surface area contributed by atoms with Crippen LogP contribution in [-0.2, 0) is 0 Å². The highest BCUT2D eigenvalue weighted by molar-refractivity contribution is 5.94. The molecule has 0 saturated carbocycles. The van der Waals surface area contributed by atoms with Gasteiger partial charge in [0.15, 0.2) is 5.78 Å². The highest BCUT2D eigenvalue weighted by atomic mass is 16.5. The van der Waals surface area contributed by atoms with E-state index >= 15 is 0 Å². The van der Waals surface area contributed by atoms with Gasteiger partial charge in [-0.25, -0.2) is 5.10 Å². The van der Waals surface area contributed by atoms with Crippen molar-refractivity contribution in [1.82, 2.24) is 10.2 Å². The van der Waals surface area contributed by atoms with Crippen LogP contribution < -0.4 is 10.3 Å². The maximum atomic E-state index is 11.5. The van der Waals surface area contributed by atoms with E-state index in [4.69, 9.17) is 4.74 Å². The molecule has 5 nitrogen and oxygen atoms in total. The van der Waals surface area contributed by atoms with Gasteiger partial charge >= 0.3 is 0 Å². The number of rotatable bonds is 5. The lowest BCUT2D eigenvalue weighted by Crippen LogP contribution is -2.17. The fourth-order valence-corrected chi connectivity index (χ4v) is 1.82. The first kappa shape index (κ1) is 14.0. The Bertz CT molecular complexity index is 677. The molecule has 0 fully saturated rings. The van der Waals surface area contributed by atoms with Gasteiger partial charge in [0.25, 0.3) is 5.56 Å². The quantitative estimate of drug-likeness (QED) is 0.848. The number of nitrogens with zero attached hydrogens (tertiary/aromatic N) is 1. The Labute approximate surface area is 116 Å². The molecule has 20 heavy (non-hydrogen) atoms. The lowest BCUT2D eigenvalue weighted by molar-refractivity contribution is 0.101. The van der Waals surface area contributed by atoms with Gasteiger partial charge in [0.2, 0.25) is 0 Å². The van der Waals surface area contributed by atoms with Gasteiger partial charge in [-0.2, -0.15) is 5.10 Å². The molecule has 1 N–H and O–H groups in total. The van der Waals surface area contributed by atoms with Crippen LogP contribution in [0.3, 0.4) is 0 Å². The predicted octanol–water partition coefficient (Wildman–Crippen LogP) is 2.43. The number of carbonyl (C=O) groups excluding carboxylic acids is 1. The van der Waals surface area contributed by atoms with Gasteiger partial charge < -0.3 is 4.74 Å². The van der Waals surface area contributed by atoms with Crippen LogP contribution in [0.4, 0.5) is 0 Å². The second-order valence-electron chi connectivity index (χ2n) is 4.40. The number of para-hydroxylation sites is 1. The molecule has 0 spiro atoms. The van der Waals surface area contributed by atoms with E-state index in [9.17, 15) is 9.59 Å². The third-order valence-electron chi connectivity index (χ3n) is 2.81. The zero-order chi connectivity index (χ0) is 14.5. The van der Waals surface area contributed by atoms with E-state index in [1.54, 1.807) is 0 Å².